The molecule has 0 spiro atoms. The molecule has 8 heteroatoms. The number of nitrogens with one attached hydrogen (secondary N) is 2. The molecule has 0 saturated carbocycles. The maximum atomic E-state index is 12.3. The molecule has 0 bridgehead atoms. The number of hydrogen-bond donors (Lipinski definition) is 2. The quantitative estimate of drug-likeness (QED) is 0.812. The molecule has 0 fully saturated rings. The lowest BCUT2D eigenvalue weighted by Gasteiger charge is -2.00. The first-order valence-corrected chi connectivity index (χ1v) is 4.81. The molecule has 2 aromatic heterocycles. The molecule has 2 aromatic rings. The number of halogens is 3. The number of esters is 1. The molecular formula is C10H8F3N3O2. The fraction of sp³-hybridized carbons (Fsp3) is 0.200. The van der Waals surface area contributed by atoms with Gasteiger partial charge in [-0.3, -0.25) is 0 Å². The van der Waals surface area contributed by atoms with Crippen LogP contribution in [0.3, 0.4) is 0 Å². The van der Waals surface area contributed by atoms with Gasteiger partial charge < -0.3 is 14.7 Å². The fourth-order valence-corrected chi connectivity index (χ4v) is 1.36. The molecule has 2 rings (SSSR count). The van der Waals surface area contributed by atoms with Gasteiger partial charge >= 0.3 is 12.1 Å². The minimum atomic E-state index is -4.48. The Morgan fingerprint density at radius 3 is 2.61 bits per heavy atom. The van der Waals surface area contributed by atoms with E-state index >= 15 is 0 Å². The number of aromatic amines is 2. The van der Waals surface area contributed by atoms with Crippen LogP contribution >= 0.6 is 0 Å². The van der Waals surface area contributed by atoms with Gasteiger partial charge in [-0.1, -0.05) is 0 Å². The van der Waals surface area contributed by atoms with Crippen molar-refractivity contribution in [3.8, 4) is 11.5 Å². The van der Waals surface area contributed by atoms with E-state index in [1.807, 2.05) is 0 Å². The van der Waals surface area contributed by atoms with Crippen molar-refractivity contribution in [2.75, 3.05) is 7.11 Å². The van der Waals surface area contributed by atoms with Crippen molar-refractivity contribution in [1.82, 2.24) is 15.0 Å². The standard InChI is InChI=1S/C10H8F3N3O2/c1-18-9(17)6-3-2-5(15-6)8-14-4-7(16-8)10(11,12)13/h2-4,15H,1H3,(H,14,16). The molecule has 2 N–H and O–H groups in total. The summed E-state index contributed by atoms with van der Waals surface area (Å²) in [6, 6.07) is 2.84. The zero-order valence-electron chi connectivity index (χ0n) is 9.13. The minimum Gasteiger partial charge on any atom is -0.464 e. The molecule has 18 heavy (non-hydrogen) atoms. The molecule has 0 aliphatic rings. The highest BCUT2D eigenvalue weighted by Gasteiger charge is 2.33. The van der Waals surface area contributed by atoms with E-state index in [1.54, 1.807) is 0 Å². The van der Waals surface area contributed by atoms with Crippen LogP contribution in [0.4, 0.5) is 13.2 Å². The summed E-state index contributed by atoms with van der Waals surface area (Å²) in [5, 5.41) is 0. The lowest BCUT2D eigenvalue weighted by atomic mass is 10.4. The van der Waals surface area contributed by atoms with Crippen LogP contribution in [-0.4, -0.2) is 28.0 Å². The summed E-state index contributed by atoms with van der Waals surface area (Å²) in [4.78, 5) is 19.5. The van der Waals surface area contributed by atoms with Crippen LogP contribution < -0.4 is 0 Å². The van der Waals surface area contributed by atoms with E-state index in [0.29, 0.717) is 6.20 Å². The van der Waals surface area contributed by atoms with E-state index in [2.05, 4.69) is 19.7 Å². The lowest BCUT2D eigenvalue weighted by Crippen LogP contribution is -2.04. The summed E-state index contributed by atoms with van der Waals surface area (Å²) in [7, 11) is 1.21. The van der Waals surface area contributed by atoms with Crippen molar-refractivity contribution >= 4 is 5.97 Å². The van der Waals surface area contributed by atoms with Gasteiger partial charge in [0.2, 0.25) is 0 Å². The SMILES string of the molecule is COC(=O)c1ccc(-c2ncc(C(F)(F)F)[nH]2)[nH]1. The van der Waals surface area contributed by atoms with Gasteiger partial charge in [0.25, 0.3) is 0 Å². The third kappa shape index (κ3) is 2.22. The molecule has 0 radical (unpaired) electrons. The molecule has 0 saturated heterocycles. The molecule has 0 unspecified atom stereocenters. The van der Waals surface area contributed by atoms with Crippen LogP contribution in [0.1, 0.15) is 16.2 Å². The van der Waals surface area contributed by atoms with Gasteiger partial charge in [-0.2, -0.15) is 13.2 Å². The lowest BCUT2D eigenvalue weighted by molar-refractivity contribution is -0.140. The van der Waals surface area contributed by atoms with Gasteiger partial charge in [0.15, 0.2) is 5.82 Å². The highest BCUT2D eigenvalue weighted by molar-refractivity contribution is 5.88. The summed E-state index contributed by atoms with van der Waals surface area (Å²) < 4.78 is 41.5. The maximum Gasteiger partial charge on any atom is 0.432 e. The van der Waals surface area contributed by atoms with E-state index in [1.165, 1.54) is 19.2 Å². The van der Waals surface area contributed by atoms with Gasteiger partial charge in [0.1, 0.15) is 11.4 Å². The number of H-pyrrole nitrogens is 2. The molecule has 0 aliphatic carbocycles. The van der Waals surface area contributed by atoms with Crippen LogP contribution in [-0.2, 0) is 10.9 Å². The minimum absolute atomic E-state index is 0.00234. The zero-order chi connectivity index (χ0) is 13.3. The number of alkyl halides is 3. The molecule has 0 aliphatic heterocycles. The number of methoxy groups -OCH3 is 1. The molecule has 96 valence electrons. The Labute approximate surface area is 99.0 Å². The number of hydrogen-bond acceptors (Lipinski definition) is 3. The largest absolute Gasteiger partial charge is 0.464 e. The maximum absolute atomic E-state index is 12.3. The van der Waals surface area contributed by atoms with Gasteiger partial charge in [-0.05, 0) is 12.1 Å². The molecular weight excluding hydrogens is 251 g/mol. The smallest absolute Gasteiger partial charge is 0.432 e. The van der Waals surface area contributed by atoms with E-state index in [9.17, 15) is 18.0 Å². The molecule has 5 nitrogen and oxygen atoms in total. The van der Waals surface area contributed by atoms with Crippen LogP contribution in [0, 0.1) is 0 Å². The topological polar surface area (TPSA) is 70.8 Å². The van der Waals surface area contributed by atoms with Crippen molar-refractivity contribution in [2.24, 2.45) is 0 Å². The number of carbonyl (C=O) groups is 1. The monoisotopic (exact) mass is 259 g/mol. The third-order valence-corrected chi connectivity index (χ3v) is 2.23. The number of aromatic nitrogens is 3. The summed E-state index contributed by atoms with van der Waals surface area (Å²) in [6.45, 7) is 0. The van der Waals surface area contributed by atoms with Crippen LogP contribution in [0.15, 0.2) is 18.3 Å². The van der Waals surface area contributed by atoms with Crippen molar-refractivity contribution in [3.63, 3.8) is 0 Å². The average molecular weight is 259 g/mol. The number of nitrogens with zero attached hydrogens (tertiary/aromatic N) is 1. The van der Waals surface area contributed by atoms with Gasteiger partial charge in [-0.25, -0.2) is 9.78 Å². The Balaban J connectivity index is 2.30. The van der Waals surface area contributed by atoms with Crippen LogP contribution in [0.5, 0.6) is 0 Å². The Bertz CT molecular complexity index is 571. The predicted octanol–water partition coefficient (Wildman–Crippen LogP) is 2.21. The summed E-state index contributed by atoms with van der Waals surface area (Å²) in [5.41, 5.74) is -0.546. The zero-order valence-corrected chi connectivity index (χ0v) is 9.13. The fourth-order valence-electron chi connectivity index (χ4n) is 1.36. The first-order valence-electron chi connectivity index (χ1n) is 4.81. The second-order valence-electron chi connectivity index (χ2n) is 3.42. The molecule has 0 atom stereocenters. The van der Waals surface area contributed by atoms with Crippen LogP contribution in [0.2, 0.25) is 0 Å². The molecule has 0 aromatic carbocycles. The number of ether oxygens (including phenoxy) is 1. The Morgan fingerprint density at radius 1 is 1.33 bits per heavy atom. The van der Waals surface area contributed by atoms with Crippen molar-refractivity contribution in [1.29, 1.82) is 0 Å². The highest BCUT2D eigenvalue weighted by atomic mass is 19.4. The Morgan fingerprint density at radius 2 is 2.06 bits per heavy atom. The van der Waals surface area contributed by atoms with Crippen molar-refractivity contribution < 1.29 is 22.7 Å². The Kier molecular flexibility index (Phi) is 2.85. The highest BCUT2D eigenvalue weighted by Crippen LogP contribution is 2.29. The first-order chi connectivity index (χ1) is 8.41. The van der Waals surface area contributed by atoms with E-state index in [0.717, 1.165) is 0 Å². The van der Waals surface area contributed by atoms with E-state index in [-0.39, 0.29) is 17.2 Å². The van der Waals surface area contributed by atoms with E-state index in [4.69, 9.17) is 0 Å². The predicted molar refractivity (Wildman–Crippen MR) is 54.7 cm³/mol. The summed E-state index contributed by atoms with van der Waals surface area (Å²) >= 11 is 0. The normalized spacial score (nSPS) is 11.6. The number of rotatable bonds is 2. The summed E-state index contributed by atoms with van der Waals surface area (Å²) in [5.74, 6) is -0.610. The van der Waals surface area contributed by atoms with Crippen LogP contribution in [0.25, 0.3) is 11.5 Å². The van der Waals surface area contributed by atoms with Crippen molar-refractivity contribution in [2.45, 2.75) is 6.18 Å². The first kappa shape index (κ1) is 12.2. The number of imidazole rings is 1. The van der Waals surface area contributed by atoms with E-state index < -0.39 is 17.8 Å². The molecule has 0 amide bonds. The molecule has 2 heterocycles. The van der Waals surface area contributed by atoms with Gasteiger partial charge in [-0.15, -0.1) is 0 Å². The second kappa shape index (κ2) is 4.21. The summed E-state index contributed by atoms with van der Waals surface area (Å²) in [6.07, 6.45) is -3.79. The van der Waals surface area contributed by atoms with Gasteiger partial charge in [0.05, 0.1) is 19.0 Å². The number of carbonyl (C=O) groups excluding carboxylic acids is 1. The second-order valence-corrected chi connectivity index (χ2v) is 3.42. The van der Waals surface area contributed by atoms with Crippen molar-refractivity contribution in [3.05, 3.63) is 29.7 Å². The Hall–Kier alpha value is -2.25. The third-order valence-electron chi connectivity index (χ3n) is 2.23. The average Bonchev–Trinajstić information content (AvgIpc) is 2.94. The van der Waals surface area contributed by atoms with Gasteiger partial charge in [0, 0.05) is 0 Å².